The summed E-state index contributed by atoms with van der Waals surface area (Å²) in [5.74, 6) is -0.150. The Balaban J connectivity index is 1.30. The van der Waals surface area contributed by atoms with E-state index in [9.17, 15) is 4.79 Å². The molecule has 1 aromatic carbocycles. The van der Waals surface area contributed by atoms with Crippen LogP contribution in [0.3, 0.4) is 0 Å². The van der Waals surface area contributed by atoms with Gasteiger partial charge in [0.15, 0.2) is 5.13 Å². The number of nitrogens with zero attached hydrogens (tertiary/aromatic N) is 4. The molecule has 0 radical (unpaired) electrons. The van der Waals surface area contributed by atoms with E-state index in [0.717, 1.165) is 32.9 Å². The largest absolute Gasteiger partial charge is 0.358 e. The monoisotopic (exact) mass is 432 g/mol. The van der Waals surface area contributed by atoms with Gasteiger partial charge in [-0.25, -0.2) is 9.97 Å². The fourth-order valence-electron chi connectivity index (χ4n) is 3.30. The third-order valence-electron chi connectivity index (χ3n) is 4.58. The van der Waals surface area contributed by atoms with E-state index in [4.69, 9.17) is 0 Å². The Hall–Kier alpha value is -3.43. The second-order valence-electron chi connectivity index (χ2n) is 6.67. The first-order chi connectivity index (χ1) is 14.7. The minimum Gasteiger partial charge on any atom is -0.358 e. The summed E-state index contributed by atoms with van der Waals surface area (Å²) in [6.45, 7) is 2.03. The predicted octanol–water partition coefficient (Wildman–Crippen LogP) is 4.69. The van der Waals surface area contributed by atoms with Gasteiger partial charge < -0.3 is 10.3 Å². The van der Waals surface area contributed by atoms with Gasteiger partial charge in [0, 0.05) is 45.3 Å². The maximum absolute atomic E-state index is 12.5. The first-order valence-electron chi connectivity index (χ1n) is 9.21. The van der Waals surface area contributed by atoms with E-state index in [0.29, 0.717) is 16.5 Å². The van der Waals surface area contributed by atoms with Gasteiger partial charge in [0.2, 0.25) is 5.91 Å². The molecule has 0 aliphatic rings. The van der Waals surface area contributed by atoms with Gasteiger partial charge in [-0.2, -0.15) is 0 Å². The number of carbonyl (C=O) groups excluding carboxylic acids is 1. The van der Waals surface area contributed by atoms with E-state index in [1.807, 2.05) is 35.9 Å². The van der Waals surface area contributed by atoms with Crippen LogP contribution < -0.4 is 5.32 Å². The summed E-state index contributed by atoms with van der Waals surface area (Å²) in [5.41, 5.74) is 5.44. The van der Waals surface area contributed by atoms with Crippen LogP contribution >= 0.6 is 22.7 Å². The van der Waals surface area contributed by atoms with Gasteiger partial charge in [-0.15, -0.1) is 22.7 Å². The molecular weight excluding hydrogens is 416 g/mol. The molecule has 30 heavy (non-hydrogen) atoms. The molecule has 5 aromatic rings. The smallest absolute Gasteiger partial charge is 0.232 e. The minimum absolute atomic E-state index is 0.150. The number of rotatable bonds is 5. The van der Waals surface area contributed by atoms with Crippen molar-refractivity contribution in [1.82, 2.24) is 24.9 Å². The molecule has 4 heterocycles. The van der Waals surface area contributed by atoms with Crippen molar-refractivity contribution in [2.45, 2.75) is 13.3 Å². The number of aromatic amines is 1. The van der Waals surface area contributed by atoms with Crippen LogP contribution in [0.2, 0.25) is 0 Å². The highest BCUT2D eigenvalue weighted by Crippen LogP contribution is 2.33. The highest BCUT2D eigenvalue weighted by molar-refractivity contribution is 7.14. The molecule has 0 unspecified atom stereocenters. The Kier molecular flexibility index (Phi) is 4.82. The number of benzene rings is 1. The van der Waals surface area contributed by atoms with E-state index >= 15 is 0 Å². The van der Waals surface area contributed by atoms with Crippen molar-refractivity contribution in [3.8, 4) is 22.0 Å². The lowest BCUT2D eigenvalue weighted by Gasteiger charge is -2.00. The lowest BCUT2D eigenvalue weighted by atomic mass is 10.1. The van der Waals surface area contributed by atoms with Gasteiger partial charge in [-0.3, -0.25) is 14.8 Å². The zero-order valence-corrected chi connectivity index (χ0v) is 17.5. The van der Waals surface area contributed by atoms with Gasteiger partial charge in [-0.05, 0) is 13.0 Å². The number of anilines is 1. The Bertz CT molecular complexity index is 1340. The molecule has 7 nitrogen and oxygen atoms in total. The second kappa shape index (κ2) is 7.77. The number of carbonyl (C=O) groups is 1. The zero-order valence-electron chi connectivity index (χ0n) is 15.9. The molecule has 0 bridgehead atoms. The van der Waals surface area contributed by atoms with Crippen LogP contribution in [0.15, 0.2) is 53.6 Å². The number of para-hydroxylation sites is 1. The number of amides is 1. The standard InChI is InChI=1S/C21H16N6OS2/c1-12-19(14-4-2-3-5-15(14)24-12)17-11-30-21(26-17)27-18(28)8-13-10-29-20(25-13)16-9-22-6-7-23-16/h2-7,9-11,24H,8H2,1H3,(H,26,27,28). The molecule has 4 aromatic heterocycles. The number of H-pyrrole nitrogens is 1. The number of aromatic nitrogens is 5. The average molecular weight is 433 g/mol. The minimum atomic E-state index is -0.150. The van der Waals surface area contributed by atoms with Crippen LogP contribution in [0.1, 0.15) is 11.4 Å². The fourth-order valence-corrected chi connectivity index (χ4v) is 4.79. The average Bonchev–Trinajstić information content (AvgIpc) is 3.47. The summed E-state index contributed by atoms with van der Waals surface area (Å²) in [4.78, 5) is 33.3. The van der Waals surface area contributed by atoms with Crippen LogP contribution in [0.5, 0.6) is 0 Å². The van der Waals surface area contributed by atoms with E-state index in [2.05, 4.69) is 36.3 Å². The predicted molar refractivity (Wildman–Crippen MR) is 120 cm³/mol. The van der Waals surface area contributed by atoms with Crippen molar-refractivity contribution in [3.63, 3.8) is 0 Å². The van der Waals surface area contributed by atoms with Gasteiger partial charge in [0.25, 0.3) is 0 Å². The Morgan fingerprint density at radius 3 is 2.87 bits per heavy atom. The Morgan fingerprint density at radius 1 is 1.10 bits per heavy atom. The number of nitrogens with one attached hydrogen (secondary N) is 2. The third kappa shape index (κ3) is 3.60. The van der Waals surface area contributed by atoms with Crippen molar-refractivity contribution >= 4 is 44.6 Å². The normalized spacial score (nSPS) is 11.1. The quantitative estimate of drug-likeness (QED) is 0.420. The van der Waals surface area contributed by atoms with E-state index in [1.165, 1.54) is 22.7 Å². The van der Waals surface area contributed by atoms with Crippen LogP contribution in [-0.4, -0.2) is 30.8 Å². The number of hydrogen-bond donors (Lipinski definition) is 2. The molecule has 5 rings (SSSR count). The van der Waals surface area contributed by atoms with E-state index in [-0.39, 0.29) is 12.3 Å². The fraction of sp³-hybridized carbons (Fsp3) is 0.0952. The molecular formula is C21H16N6OS2. The SMILES string of the molecule is Cc1[nH]c2ccccc2c1-c1csc(NC(=O)Cc2csc(-c3cnccn3)n2)n1. The molecule has 0 atom stereocenters. The van der Waals surface area contributed by atoms with Crippen molar-refractivity contribution in [2.24, 2.45) is 0 Å². The van der Waals surface area contributed by atoms with Gasteiger partial charge in [0.05, 0.1) is 24.0 Å². The first kappa shape index (κ1) is 18.6. The topological polar surface area (TPSA) is 96.5 Å². The summed E-state index contributed by atoms with van der Waals surface area (Å²) in [6.07, 6.45) is 5.08. The maximum Gasteiger partial charge on any atom is 0.232 e. The first-order valence-corrected chi connectivity index (χ1v) is 11.0. The van der Waals surface area contributed by atoms with E-state index in [1.54, 1.807) is 18.6 Å². The Labute approximate surface area is 179 Å². The summed E-state index contributed by atoms with van der Waals surface area (Å²) in [6, 6.07) is 8.13. The number of fused-ring (bicyclic) bond motifs is 1. The molecule has 0 saturated heterocycles. The van der Waals surface area contributed by atoms with Gasteiger partial charge in [-0.1, -0.05) is 18.2 Å². The van der Waals surface area contributed by atoms with E-state index < -0.39 is 0 Å². The lowest BCUT2D eigenvalue weighted by Crippen LogP contribution is -2.14. The van der Waals surface area contributed by atoms with Crippen molar-refractivity contribution in [3.05, 3.63) is 65.0 Å². The molecule has 0 fully saturated rings. The number of aryl methyl sites for hydroxylation is 1. The lowest BCUT2D eigenvalue weighted by molar-refractivity contribution is -0.115. The molecule has 0 aliphatic carbocycles. The molecule has 2 N–H and O–H groups in total. The molecule has 148 valence electrons. The summed E-state index contributed by atoms with van der Waals surface area (Å²) >= 11 is 2.86. The van der Waals surface area contributed by atoms with Crippen molar-refractivity contribution < 1.29 is 4.79 Å². The molecule has 0 saturated carbocycles. The molecule has 9 heteroatoms. The van der Waals surface area contributed by atoms with Crippen LogP contribution in [-0.2, 0) is 11.2 Å². The van der Waals surface area contributed by atoms with Crippen LogP contribution in [0.4, 0.5) is 5.13 Å². The zero-order chi connectivity index (χ0) is 20.5. The number of hydrogen-bond acceptors (Lipinski definition) is 7. The second-order valence-corrected chi connectivity index (χ2v) is 8.38. The highest BCUT2D eigenvalue weighted by atomic mass is 32.1. The van der Waals surface area contributed by atoms with Crippen LogP contribution in [0.25, 0.3) is 32.9 Å². The molecule has 0 spiro atoms. The van der Waals surface area contributed by atoms with Crippen LogP contribution in [0, 0.1) is 6.92 Å². The molecule has 0 aliphatic heterocycles. The molecule has 1 amide bonds. The summed E-state index contributed by atoms with van der Waals surface area (Å²) in [5, 5.41) is 9.16. The summed E-state index contributed by atoms with van der Waals surface area (Å²) in [7, 11) is 0. The highest BCUT2D eigenvalue weighted by Gasteiger charge is 2.15. The van der Waals surface area contributed by atoms with Gasteiger partial charge in [0.1, 0.15) is 10.7 Å². The summed E-state index contributed by atoms with van der Waals surface area (Å²) < 4.78 is 0. The van der Waals surface area contributed by atoms with Crippen molar-refractivity contribution in [2.75, 3.05) is 5.32 Å². The number of thiazole rings is 2. The Morgan fingerprint density at radius 2 is 2.00 bits per heavy atom. The van der Waals surface area contributed by atoms with Gasteiger partial charge >= 0.3 is 0 Å². The third-order valence-corrected chi connectivity index (χ3v) is 6.25. The maximum atomic E-state index is 12.5. The van der Waals surface area contributed by atoms with Crippen molar-refractivity contribution in [1.29, 1.82) is 0 Å².